The van der Waals surface area contributed by atoms with Crippen molar-refractivity contribution >= 4 is 28.1 Å². The molecule has 0 aromatic heterocycles. The third-order valence-corrected chi connectivity index (χ3v) is 8.35. The Kier molecular flexibility index (Phi) is 10.8. The first kappa shape index (κ1) is 33.1. The molecule has 3 atom stereocenters. The van der Waals surface area contributed by atoms with Crippen LogP contribution in [0.1, 0.15) is 52.2 Å². The Morgan fingerprint density at radius 1 is 1.02 bits per heavy atom. The van der Waals surface area contributed by atoms with Crippen molar-refractivity contribution in [3.8, 4) is 0 Å². The molecule has 0 N–H and O–H groups in total. The van der Waals surface area contributed by atoms with E-state index in [0.717, 1.165) is 11.1 Å². The van der Waals surface area contributed by atoms with Crippen LogP contribution in [-0.4, -0.2) is 74.1 Å². The molecule has 11 heteroatoms. The van der Waals surface area contributed by atoms with Gasteiger partial charge in [0, 0.05) is 13.6 Å². The molecular weight excluding hydrogens is 560 g/mol. The number of aryl methyl sites for hydroxylation is 1. The highest BCUT2D eigenvalue weighted by molar-refractivity contribution is 7.86. The topological polar surface area (TPSA) is 120 Å². The number of benzene rings is 2. The summed E-state index contributed by atoms with van der Waals surface area (Å²) in [5.74, 6) is -2.08. The number of esters is 1. The number of hydrogen-bond acceptors (Lipinski definition) is 8. The summed E-state index contributed by atoms with van der Waals surface area (Å²) < 4.78 is 42.5. The summed E-state index contributed by atoms with van der Waals surface area (Å²) in [6.45, 7) is 10.4. The number of carbonyl (C=O) groups excluding carboxylic acids is 3. The molecule has 42 heavy (non-hydrogen) atoms. The van der Waals surface area contributed by atoms with Crippen LogP contribution in [-0.2, 0) is 40.0 Å². The first-order valence-electron chi connectivity index (χ1n) is 14.0. The third kappa shape index (κ3) is 8.54. The van der Waals surface area contributed by atoms with Crippen molar-refractivity contribution in [2.24, 2.45) is 11.8 Å². The van der Waals surface area contributed by atoms with Crippen LogP contribution in [0.25, 0.3) is 0 Å². The highest BCUT2D eigenvalue weighted by atomic mass is 32.2. The second kappa shape index (κ2) is 13.7. The number of likely N-dealkylation sites (tertiary alicyclic amines) is 1. The summed E-state index contributed by atoms with van der Waals surface area (Å²) in [5.41, 5.74) is 0.898. The molecule has 1 saturated heterocycles. The third-order valence-electron chi connectivity index (χ3n) is 7.06. The average molecular weight is 603 g/mol. The molecule has 1 fully saturated rings. The van der Waals surface area contributed by atoms with E-state index in [4.69, 9.17) is 13.7 Å². The van der Waals surface area contributed by atoms with Crippen molar-refractivity contribution in [2.75, 3.05) is 20.2 Å². The minimum atomic E-state index is -4.17. The van der Waals surface area contributed by atoms with E-state index < -0.39 is 58.3 Å². The van der Waals surface area contributed by atoms with Gasteiger partial charge in [-0.05, 0) is 57.7 Å². The van der Waals surface area contributed by atoms with Gasteiger partial charge in [-0.25, -0.2) is 9.59 Å². The van der Waals surface area contributed by atoms with Gasteiger partial charge in [-0.1, -0.05) is 61.9 Å². The predicted molar refractivity (Wildman–Crippen MR) is 157 cm³/mol. The molecule has 0 bridgehead atoms. The molecule has 3 rings (SSSR count). The maximum absolute atomic E-state index is 13.9. The van der Waals surface area contributed by atoms with Crippen LogP contribution in [0.4, 0.5) is 4.79 Å². The van der Waals surface area contributed by atoms with Crippen molar-refractivity contribution in [1.29, 1.82) is 0 Å². The molecule has 0 spiro atoms. The number of likely N-dealkylation sites (N-methyl/N-ethyl adjacent to an activating group) is 1. The number of hydrogen-bond donors (Lipinski definition) is 0. The molecule has 0 saturated carbocycles. The quantitative estimate of drug-likeness (QED) is 0.287. The lowest BCUT2D eigenvalue weighted by molar-refractivity contribution is -0.158. The largest absolute Gasteiger partial charge is 0.459 e. The molecular formula is C31H42N2O8S. The van der Waals surface area contributed by atoms with Gasteiger partial charge in [0.1, 0.15) is 18.2 Å². The minimum absolute atomic E-state index is 0.0315. The van der Waals surface area contributed by atoms with Crippen molar-refractivity contribution in [3.63, 3.8) is 0 Å². The van der Waals surface area contributed by atoms with E-state index in [0.29, 0.717) is 0 Å². The van der Waals surface area contributed by atoms with E-state index >= 15 is 0 Å². The highest BCUT2D eigenvalue weighted by Gasteiger charge is 2.46. The first-order valence-corrected chi connectivity index (χ1v) is 15.4. The Labute approximate surface area is 249 Å². The van der Waals surface area contributed by atoms with Gasteiger partial charge in [0.05, 0.1) is 23.5 Å². The maximum Gasteiger partial charge on any atom is 0.410 e. The number of ether oxygens (including phenoxy) is 2. The zero-order chi connectivity index (χ0) is 31.2. The summed E-state index contributed by atoms with van der Waals surface area (Å²) in [6, 6.07) is 13.6. The van der Waals surface area contributed by atoms with Gasteiger partial charge < -0.3 is 19.3 Å². The maximum atomic E-state index is 13.9. The van der Waals surface area contributed by atoms with Gasteiger partial charge in [0.25, 0.3) is 10.1 Å². The van der Waals surface area contributed by atoms with Gasteiger partial charge in [0.2, 0.25) is 5.91 Å². The van der Waals surface area contributed by atoms with Gasteiger partial charge in [-0.15, -0.1) is 0 Å². The monoisotopic (exact) mass is 602 g/mol. The number of amides is 2. The Morgan fingerprint density at radius 2 is 1.64 bits per heavy atom. The van der Waals surface area contributed by atoms with Gasteiger partial charge in [-0.2, -0.15) is 8.42 Å². The smallest absolute Gasteiger partial charge is 0.410 e. The normalized spacial score (nSPS) is 18.0. The van der Waals surface area contributed by atoms with Crippen LogP contribution in [0.15, 0.2) is 59.5 Å². The number of rotatable bonds is 10. The molecule has 1 aliphatic heterocycles. The van der Waals surface area contributed by atoms with Gasteiger partial charge >= 0.3 is 12.1 Å². The van der Waals surface area contributed by atoms with Crippen LogP contribution < -0.4 is 0 Å². The Balaban J connectivity index is 1.82. The molecule has 0 radical (unpaired) electrons. The summed E-state index contributed by atoms with van der Waals surface area (Å²) in [6.07, 6.45) is -0.435. The van der Waals surface area contributed by atoms with E-state index in [1.165, 1.54) is 29.0 Å². The molecule has 230 valence electrons. The predicted octanol–water partition coefficient (Wildman–Crippen LogP) is 4.55. The first-order chi connectivity index (χ1) is 19.6. The standard InChI is InChI=1S/C31H42N2O8S/c1-21(2)27(29(35)39-19-23-11-9-8-10-12-23)32(7)28(34)25-17-18-33(30(36)41-31(4,5)6)26(25)20-40-42(37,38)24-15-13-22(3)14-16-24/h8-16,21,25-27H,17-20H2,1-7H3/t25-,26+,27-/m0/s1. The second-order valence-corrected chi connectivity index (χ2v) is 13.5. The average Bonchev–Trinajstić information content (AvgIpc) is 3.34. The lowest BCUT2D eigenvalue weighted by atomic mass is 9.96. The van der Waals surface area contributed by atoms with Crippen molar-refractivity contribution in [2.45, 2.75) is 77.2 Å². The summed E-state index contributed by atoms with van der Waals surface area (Å²) >= 11 is 0. The van der Waals surface area contributed by atoms with Crippen LogP contribution in [0.3, 0.4) is 0 Å². The SMILES string of the molecule is Cc1ccc(S(=O)(=O)OC[C@@H]2[C@@H](C(=O)N(C)[C@H](C(=O)OCc3ccccc3)C(C)C)CCN2C(=O)OC(C)(C)C)cc1. The van der Waals surface area contributed by atoms with Gasteiger partial charge in [-0.3, -0.25) is 8.98 Å². The Bertz CT molecular complexity index is 1340. The number of nitrogens with zero attached hydrogens (tertiary/aromatic N) is 2. The van der Waals surface area contributed by atoms with E-state index in [1.807, 2.05) is 51.1 Å². The van der Waals surface area contributed by atoms with Gasteiger partial charge in [0.15, 0.2) is 0 Å². The zero-order valence-corrected chi connectivity index (χ0v) is 26.2. The van der Waals surface area contributed by atoms with E-state index in [1.54, 1.807) is 32.9 Å². The summed E-state index contributed by atoms with van der Waals surface area (Å²) in [7, 11) is -2.65. The van der Waals surface area contributed by atoms with Crippen molar-refractivity contribution in [3.05, 3.63) is 65.7 Å². The molecule has 1 aliphatic rings. The Morgan fingerprint density at radius 3 is 2.21 bits per heavy atom. The zero-order valence-electron chi connectivity index (χ0n) is 25.4. The van der Waals surface area contributed by atoms with Crippen LogP contribution in [0.5, 0.6) is 0 Å². The fourth-order valence-corrected chi connectivity index (χ4v) is 5.84. The molecule has 2 aromatic carbocycles. The number of carbonyl (C=O) groups is 3. The van der Waals surface area contributed by atoms with Crippen molar-refractivity contribution < 1.29 is 36.5 Å². The van der Waals surface area contributed by atoms with Crippen LogP contribution in [0.2, 0.25) is 0 Å². The summed E-state index contributed by atoms with van der Waals surface area (Å²) in [5, 5.41) is 0. The van der Waals surface area contributed by atoms with Crippen LogP contribution in [0, 0.1) is 18.8 Å². The molecule has 10 nitrogen and oxygen atoms in total. The summed E-state index contributed by atoms with van der Waals surface area (Å²) in [4.78, 5) is 42.8. The molecule has 1 heterocycles. The molecule has 0 aliphatic carbocycles. The second-order valence-electron chi connectivity index (χ2n) is 11.9. The lowest BCUT2D eigenvalue weighted by Gasteiger charge is -2.34. The van der Waals surface area contributed by atoms with E-state index in [9.17, 15) is 22.8 Å². The molecule has 0 unspecified atom stereocenters. The van der Waals surface area contributed by atoms with E-state index in [-0.39, 0.29) is 30.4 Å². The minimum Gasteiger partial charge on any atom is -0.459 e. The highest BCUT2D eigenvalue weighted by Crippen LogP contribution is 2.30. The van der Waals surface area contributed by atoms with Crippen LogP contribution >= 0.6 is 0 Å². The van der Waals surface area contributed by atoms with Crippen molar-refractivity contribution in [1.82, 2.24) is 9.80 Å². The fourth-order valence-electron chi connectivity index (χ4n) is 4.92. The fraction of sp³-hybridized carbons (Fsp3) is 0.516. The lowest BCUT2D eigenvalue weighted by Crippen LogP contribution is -2.52. The molecule has 2 aromatic rings. The Hall–Kier alpha value is -3.44. The van der Waals surface area contributed by atoms with E-state index in [2.05, 4.69) is 0 Å². The molecule has 2 amide bonds.